The van der Waals surface area contributed by atoms with E-state index in [0.29, 0.717) is 45.2 Å². The Balaban J connectivity index is 1.12. The number of ether oxygens (including phenoxy) is 1. The lowest BCUT2D eigenvalue weighted by molar-refractivity contribution is -0.162. The summed E-state index contributed by atoms with van der Waals surface area (Å²) in [6, 6.07) is 29.5. The van der Waals surface area contributed by atoms with Crippen LogP contribution < -0.4 is 10.6 Å². The van der Waals surface area contributed by atoms with Crippen LogP contribution in [0.4, 0.5) is 4.79 Å². The Hall–Kier alpha value is -4.17. The lowest BCUT2D eigenvalue weighted by Crippen LogP contribution is -2.72. The number of hydrogen-bond acceptors (Lipinski definition) is 5. The van der Waals surface area contributed by atoms with E-state index in [-0.39, 0.29) is 18.4 Å². The van der Waals surface area contributed by atoms with Gasteiger partial charge in [0.15, 0.2) is 0 Å². The summed E-state index contributed by atoms with van der Waals surface area (Å²) in [7, 11) is 0. The Morgan fingerprint density at radius 3 is 2.09 bits per heavy atom. The van der Waals surface area contributed by atoms with Crippen molar-refractivity contribution in [3.63, 3.8) is 0 Å². The summed E-state index contributed by atoms with van der Waals surface area (Å²) in [5.41, 5.74) is 2.47. The molecule has 0 saturated carbocycles. The van der Waals surface area contributed by atoms with E-state index in [2.05, 4.69) is 39.8 Å². The molecule has 2 fully saturated rings. The number of piperidine rings is 1. The van der Waals surface area contributed by atoms with E-state index >= 15 is 0 Å². The molecular weight excluding hydrogens is 552 g/mol. The number of amides is 3. The van der Waals surface area contributed by atoms with Crippen molar-refractivity contribution >= 4 is 17.9 Å². The Morgan fingerprint density at radius 2 is 1.43 bits per heavy atom. The quantitative estimate of drug-likeness (QED) is 0.269. The zero-order chi connectivity index (χ0) is 30.6. The minimum atomic E-state index is -0.830. The zero-order valence-electron chi connectivity index (χ0n) is 25.5. The van der Waals surface area contributed by atoms with Crippen LogP contribution in [0.2, 0.25) is 0 Å². The molecule has 1 spiro atoms. The predicted molar refractivity (Wildman–Crippen MR) is 171 cm³/mol. The minimum absolute atomic E-state index is 0.0128. The summed E-state index contributed by atoms with van der Waals surface area (Å²) < 4.78 is 5.27. The van der Waals surface area contributed by atoms with Crippen LogP contribution in [-0.4, -0.2) is 65.5 Å². The normalized spacial score (nSPS) is 18.2. The number of unbranched alkanes of at least 4 members (excludes halogenated alkanes) is 1. The van der Waals surface area contributed by atoms with E-state index in [0.717, 1.165) is 43.6 Å². The second kappa shape index (κ2) is 15.5. The maximum atomic E-state index is 14.0. The third-order valence-electron chi connectivity index (χ3n) is 8.86. The highest BCUT2D eigenvalue weighted by Crippen LogP contribution is 2.35. The van der Waals surface area contributed by atoms with Crippen molar-refractivity contribution in [2.75, 3.05) is 26.2 Å². The molecule has 232 valence electrons. The number of nitrogens with one attached hydrogen (secondary N) is 2. The van der Waals surface area contributed by atoms with Gasteiger partial charge in [-0.25, -0.2) is 4.79 Å². The van der Waals surface area contributed by atoms with Crippen LogP contribution in [0.5, 0.6) is 0 Å². The van der Waals surface area contributed by atoms with Gasteiger partial charge in [0.05, 0.1) is 0 Å². The first kappa shape index (κ1) is 31.3. The number of benzene rings is 3. The molecule has 3 amide bonds. The van der Waals surface area contributed by atoms with E-state index in [4.69, 9.17) is 4.74 Å². The third-order valence-corrected chi connectivity index (χ3v) is 8.86. The highest BCUT2D eigenvalue weighted by atomic mass is 16.5. The fourth-order valence-electron chi connectivity index (χ4n) is 6.30. The summed E-state index contributed by atoms with van der Waals surface area (Å²) in [6.45, 7) is 3.65. The van der Waals surface area contributed by atoms with Gasteiger partial charge in [-0.1, -0.05) is 91.0 Å². The Morgan fingerprint density at radius 1 is 0.818 bits per heavy atom. The lowest BCUT2D eigenvalue weighted by atomic mass is 9.81. The first-order valence-electron chi connectivity index (χ1n) is 15.9. The highest BCUT2D eigenvalue weighted by Gasteiger charge is 2.53. The highest BCUT2D eigenvalue weighted by molar-refractivity contribution is 6.00. The summed E-state index contributed by atoms with van der Waals surface area (Å²) in [4.78, 5) is 44.1. The number of likely N-dealkylation sites (tertiary alicyclic amines) is 1. The molecule has 2 saturated heterocycles. The number of rotatable bonds is 13. The summed E-state index contributed by atoms with van der Waals surface area (Å²) in [5, 5.41) is 5.88. The Kier molecular flexibility index (Phi) is 11.0. The predicted octanol–water partition coefficient (Wildman–Crippen LogP) is 5.08. The van der Waals surface area contributed by atoms with Crippen LogP contribution >= 0.6 is 0 Å². The molecule has 0 radical (unpaired) electrons. The Labute approximate surface area is 260 Å². The van der Waals surface area contributed by atoms with Crippen LogP contribution in [0.3, 0.4) is 0 Å². The topological polar surface area (TPSA) is 91.0 Å². The Bertz CT molecular complexity index is 1340. The lowest BCUT2D eigenvalue weighted by Gasteiger charge is -2.51. The molecule has 5 rings (SSSR count). The van der Waals surface area contributed by atoms with Crippen LogP contribution in [0.25, 0.3) is 0 Å². The largest absolute Gasteiger partial charge is 0.445 e. The van der Waals surface area contributed by atoms with Crippen molar-refractivity contribution in [2.45, 2.75) is 69.7 Å². The van der Waals surface area contributed by atoms with E-state index < -0.39 is 17.7 Å². The van der Waals surface area contributed by atoms with E-state index in [1.165, 1.54) is 5.56 Å². The SMILES string of the molecule is O=C(NCCCCC1NC(=O)C2(CCN(CCCc3ccccc3)CC2)N(Cc2ccccc2)C1=O)OCc1ccccc1. The molecule has 2 aliphatic heterocycles. The number of alkyl carbamates (subject to hydrolysis) is 1. The summed E-state index contributed by atoms with van der Waals surface area (Å²) in [5.74, 6) is -0.0502. The molecule has 3 aromatic rings. The number of aryl methyl sites for hydroxylation is 1. The van der Waals surface area contributed by atoms with Crippen molar-refractivity contribution in [1.82, 2.24) is 20.4 Å². The van der Waals surface area contributed by atoms with Crippen molar-refractivity contribution in [2.24, 2.45) is 0 Å². The fourth-order valence-corrected chi connectivity index (χ4v) is 6.30. The average Bonchev–Trinajstić information content (AvgIpc) is 3.06. The van der Waals surface area contributed by atoms with E-state index in [9.17, 15) is 14.4 Å². The van der Waals surface area contributed by atoms with Gasteiger partial charge in [-0.05, 0) is 68.2 Å². The molecule has 8 nitrogen and oxygen atoms in total. The number of carbonyl (C=O) groups is 3. The van der Waals surface area contributed by atoms with Gasteiger partial charge in [0.1, 0.15) is 18.2 Å². The monoisotopic (exact) mass is 596 g/mol. The second-order valence-electron chi connectivity index (χ2n) is 11.9. The van der Waals surface area contributed by atoms with Crippen molar-refractivity contribution in [1.29, 1.82) is 0 Å². The molecule has 2 N–H and O–H groups in total. The second-order valence-corrected chi connectivity index (χ2v) is 11.9. The van der Waals surface area contributed by atoms with Gasteiger partial charge in [0.25, 0.3) is 0 Å². The summed E-state index contributed by atoms with van der Waals surface area (Å²) in [6.07, 6.45) is 4.80. The smallest absolute Gasteiger partial charge is 0.407 e. The van der Waals surface area contributed by atoms with Crippen LogP contribution in [0, 0.1) is 0 Å². The first-order valence-corrected chi connectivity index (χ1v) is 15.9. The van der Waals surface area contributed by atoms with Gasteiger partial charge in [0.2, 0.25) is 11.8 Å². The number of piperazine rings is 1. The molecule has 3 aromatic carbocycles. The maximum Gasteiger partial charge on any atom is 0.407 e. The van der Waals surface area contributed by atoms with Gasteiger partial charge in [0, 0.05) is 26.2 Å². The molecule has 0 aliphatic carbocycles. The number of nitrogens with zero attached hydrogens (tertiary/aromatic N) is 2. The fraction of sp³-hybridized carbons (Fsp3) is 0.417. The van der Waals surface area contributed by atoms with Gasteiger partial charge < -0.3 is 25.2 Å². The first-order chi connectivity index (χ1) is 21.5. The van der Waals surface area contributed by atoms with E-state index in [1.807, 2.05) is 71.6 Å². The van der Waals surface area contributed by atoms with Gasteiger partial charge in [-0.2, -0.15) is 0 Å². The van der Waals surface area contributed by atoms with Crippen LogP contribution in [0.1, 0.15) is 55.2 Å². The van der Waals surface area contributed by atoms with Crippen molar-refractivity contribution in [3.05, 3.63) is 108 Å². The zero-order valence-corrected chi connectivity index (χ0v) is 25.5. The minimum Gasteiger partial charge on any atom is -0.445 e. The summed E-state index contributed by atoms with van der Waals surface area (Å²) >= 11 is 0. The van der Waals surface area contributed by atoms with Gasteiger partial charge >= 0.3 is 6.09 Å². The molecule has 44 heavy (non-hydrogen) atoms. The van der Waals surface area contributed by atoms with Crippen molar-refractivity contribution < 1.29 is 19.1 Å². The number of carbonyl (C=O) groups excluding carboxylic acids is 3. The van der Waals surface area contributed by atoms with Gasteiger partial charge in [-0.3, -0.25) is 9.59 Å². The third kappa shape index (κ3) is 8.26. The standard InChI is InChI=1S/C36H44N4O4/c41-33-32(20-10-11-23-37-35(43)44-28-31-17-8-3-9-18-31)38-34(42)36(40(33)27-30-15-6-2-7-16-30)21-25-39(26-22-36)24-12-19-29-13-4-1-5-14-29/h1-9,13-18,32H,10-12,19-28H2,(H,37,43)(H,38,42). The molecule has 1 atom stereocenters. The molecular formula is C36H44N4O4. The van der Waals surface area contributed by atoms with Crippen LogP contribution in [-0.2, 0) is 33.9 Å². The van der Waals surface area contributed by atoms with Crippen LogP contribution in [0.15, 0.2) is 91.0 Å². The maximum absolute atomic E-state index is 14.0. The molecule has 0 bridgehead atoms. The van der Waals surface area contributed by atoms with Crippen molar-refractivity contribution in [3.8, 4) is 0 Å². The van der Waals surface area contributed by atoms with Gasteiger partial charge in [-0.15, -0.1) is 0 Å². The molecule has 1 unspecified atom stereocenters. The number of hydrogen-bond donors (Lipinski definition) is 2. The van der Waals surface area contributed by atoms with E-state index in [1.54, 1.807) is 0 Å². The average molecular weight is 597 g/mol. The molecule has 2 aliphatic rings. The molecule has 0 aromatic heterocycles. The molecule has 8 heteroatoms. The molecule has 2 heterocycles.